The van der Waals surface area contributed by atoms with E-state index in [0.717, 1.165) is 11.3 Å². The van der Waals surface area contributed by atoms with Gasteiger partial charge < -0.3 is 5.32 Å². The van der Waals surface area contributed by atoms with Crippen LogP contribution in [0.15, 0.2) is 85.5 Å². The minimum Gasteiger partial charge on any atom is -0.348 e. The van der Waals surface area contributed by atoms with Crippen LogP contribution in [-0.2, 0) is 13.1 Å². The molecule has 2 heterocycles. The number of amides is 1. The summed E-state index contributed by atoms with van der Waals surface area (Å²) in [5.74, 6) is -0.142. The number of nitrogens with zero attached hydrogens (tertiary/aromatic N) is 4. The van der Waals surface area contributed by atoms with Crippen LogP contribution < -0.4 is 5.32 Å². The van der Waals surface area contributed by atoms with Crippen LogP contribution in [0.2, 0.25) is 0 Å². The van der Waals surface area contributed by atoms with E-state index in [1.807, 2.05) is 59.5 Å². The number of rotatable bonds is 6. The Hall–Kier alpha value is -3.67. The second-order valence-electron chi connectivity index (χ2n) is 6.18. The highest BCUT2D eigenvalue weighted by Gasteiger charge is 2.12. The predicted octanol–water partition coefficient (Wildman–Crippen LogP) is 3.05. The molecule has 0 atom stereocenters. The van der Waals surface area contributed by atoms with Crippen molar-refractivity contribution in [2.75, 3.05) is 0 Å². The molecular weight excluding hydrogens is 338 g/mol. The summed E-state index contributed by atoms with van der Waals surface area (Å²) in [7, 11) is 0. The third-order valence-corrected chi connectivity index (χ3v) is 4.23. The lowest BCUT2D eigenvalue weighted by atomic mass is 10.1. The fourth-order valence-corrected chi connectivity index (χ4v) is 2.91. The molecule has 2 aromatic carbocycles. The van der Waals surface area contributed by atoms with Gasteiger partial charge in [-0.05, 0) is 23.8 Å². The van der Waals surface area contributed by atoms with Crippen molar-refractivity contribution >= 4 is 5.91 Å². The van der Waals surface area contributed by atoms with E-state index in [1.54, 1.807) is 23.1 Å². The number of hydrogen-bond donors (Lipinski definition) is 1. The molecule has 1 amide bonds. The van der Waals surface area contributed by atoms with E-state index in [1.165, 1.54) is 5.56 Å². The maximum absolute atomic E-state index is 12.7. The number of para-hydroxylation sites is 1. The summed E-state index contributed by atoms with van der Waals surface area (Å²) in [5, 5.41) is 11.5. The van der Waals surface area contributed by atoms with Gasteiger partial charge in [0, 0.05) is 30.7 Å². The quantitative estimate of drug-likeness (QED) is 0.577. The molecule has 4 aromatic rings. The van der Waals surface area contributed by atoms with E-state index in [9.17, 15) is 4.79 Å². The van der Waals surface area contributed by atoms with Crippen LogP contribution in [0.5, 0.6) is 0 Å². The Morgan fingerprint density at radius 3 is 2.56 bits per heavy atom. The zero-order chi connectivity index (χ0) is 18.5. The summed E-state index contributed by atoms with van der Waals surface area (Å²) in [5.41, 5.74) is 3.47. The molecule has 0 saturated heterocycles. The van der Waals surface area contributed by atoms with E-state index in [-0.39, 0.29) is 5.91 Å². The van der Waals surface area contributed by atoms with Crippen molar-refractivity contribution in [2.45, 2.75) is 13.1 Å². The Balaban J connectivity index is 1.42. The summed E-state index contributed by atoms with van der Waals surface area (Å²) in [6, 6.07) is 19.4. The van der Waals surface area contributed by atoms with E-state index >= 15 is 0 Å². The van der Waals surface area contributed by atoms with Gasteiger partial charge in [-0.1, -0.05) is 42.5 Å². The SMILES string of the molecule is O=C(NCc1cnn(Cc2ccccc2)c1)c1ccccc1-n1cccn1. The van der Waals surface area contributed by atoms with Gasteiger partial charge in [-0.2, -0.15) is 10.2 Å². The number of nitrogens with one attached hydrogen (secondary N) is 1. The third-order valence-electron chi connectivity index (χ3n) is 4.23. The molecule has 0 saturated carbocycles. The fraction of sp³-hybridized carbons (Fsp3) is 0.0952. The molecule has 6 nitrogen and oxygen atoms in total. The summed E-state index contributed by atoms with van der Waals surface area (Å²) < 4.78 is 3.56. The van der Waals surface area contributed by atoms with Crippen molar-refractivity contribution in [3.63, 3.8) is 0 Å². The number of carbonyl (C=O) groups excluding carboxylic acids is 1. The summed E-state index contributed by atoms with van der Waals surface area (Å²) in [4.78, 5) is 12.7. The largest absolute Gasteiger partial charge is 0.348 e. The highest BCUT2D eigenvalue weighted by molar-refractivity contribution is 5.97. The highest BCUT2D eigenvalue weighted by atomic mass is 16.1. The number of hydrogen-bond acceptors (Lipinski definition) is 3. The third kappa shape index (κ3) is 3.95. The Kier molecular flexibility index (Phi) is 4.78. The van der Waals surface area contributed by atoms with Crippen LogP contribution in [-0.4, -0.2) is 25.5 Å². The molecule has 27 heavy (non-hydrogen) atoms. The monoisotopic (exact) mass is 357 g/mol. The molecule has 0 aliphatic heterocycles. The molecule has 4 rings (SSSR count). The zero-order valence-corrected chi connectivity index (χ0v) is 14.7. The Bertz CT molecular complexity index is 1020. The van der Waals surface area contributed by atoms with E-state index in [4.69, 9.17) is 0 Å². The van der Waals surface area contributed by atoms with Crippen molar-refractivity contribution in [2.24, 2.45) is 0 Å². The highest BCUT2D eigenvalue weighted by Crippen LogP contribution is 2.13. The normalized spacial score (nSPS) is 10.7. The molecule has 2 aromatic heterocycles. The molecule has 0 radical (unpaired) electrons. The van der Waals surface area contributed by atoms with E-state index < -0.39 is 0 Å². The molecular formula is C21H19N5O. The molecule has 0 aliphatic carbocycles. The molecule has 0 aliphatic rings. The maximum Gasteiger partial charge on any atom is 0.253 e. The smallest absolute Gasteiger partial charge is 0.253 e. The van der Waals surface area contributed by atoms with Crippen LogP contribution >= 0.6 is 0 Å². The number of benzene rings is 2. The summed E-state index contributed by atoms with van der Waals surface area (Å²) >= 11 is 0. The van der Waals surface area contributed by atoms with Gasteiger partial charge in [0.2, 0.25) is 0 Å². The second-order valence-corrected chi connectivity index (χ2v) is 6.18. The van der Waals surface area contributed by atoms with Gasteiger partial charge in [-0.15, -0.1) is 0 Å². The first-order valence-corrected chi connectivity index (χ1v) is 8.72. The molecule has 0 spiro atoms. The van der Waals surface area contributed by atoms with Gasteiger partial charge in [-0.3, -0.25) is 9.48 Å². The van der Waals surface area contributed by atoms with E-state index in [0.29, 0.717) is 18.7 Å². The van der Waals surface area contributed by atoms with Crippen LogP contribution in [0.4, 0.5) is 0 Å². The predicted molar refractivity (Wildman–Crippen MR) is 103 cm³/mol. The van der Waals surface area contributed by atoms with Crippen molar-refractivity contribution in [3.05, 3.63) is 102 Å². The van der Waals surface area contributed by atoms with Crippen molar-refractivity contribution in [1.82, 2.24) is 24.9 Å². The van der Waals surface area contributed by atoms with Gasteiger partial charge >= 0.3 is 0 Å². The Labute approximate surface area is 157 Å². The van der Waals surface area contributed by atoms with Crippen molar-refractivity contribution in [1.29, 1.82) is 0 Å². The lowest BCUT2D eigenvalue weighted by molar-refractivity contribution is 0.0950. The van der Waals surface area contributed by atoms with Gasteiger partial charge in [0.25, 0.3) is 5.91 Å². The second kappa shape index (κ2) is 7.70. The van der Waals surface area contributed by atoms with E-state index in [2.05, 4.69) is 27.6 Å². The van der Waals surface area contributed by atoms with Crippen molar-refractivity contribution < 1.29 is 4.79 Å². The number of aromatic nitrogens is 4. The van der Waals surface area contributed by atoms with Crippen LogP contribution in [0.3, 0.4) is 0 Å². The van der Waals surface area contributed by atoms with Gasteiger partial charge in [-0.25, -0.2) is 4.68 Å². The Morgan fingerprint density at radius 1 is 0.926 bits per heavy atom. The molecule has 0 fully saturated rings. The fourth-order valence-electron chi connectivity index (χ4n) is 2.91. The molecule has 6 heteroatoms. The van der Waals surface area contributed by atoms with Gasteiger partial charge in [0.05, 0.1) is 24.0 Å². The minimum absolute atomic E-state index is 0.142. The average molecular weight is 357 g/mol. The minimum atomic E-state index is -0.142. The number of carbonyl (C=O) groups is 1. The van der Waals surface area contributed by atoms with Crippen LogP contribution in [0.1, 0.15) is 21.5 Å². The van der Waals surface area contributed by atoms with Crippen LogP contribution in [0, 0.1) is 0 Å². The molecule has 0 bridgehead atoms. The molecule has 0 unspecified atom stereocenters. The summed E-state index contributed by atoms with van der Waals surface area (Å²) in [6.07, 6.45) is 7.24. The lowest BCUT2D eigenvalue weighted by Crippen LogP contribution is -2.24. The van der Waals surface area contributed by atoms with Gasteiger partial charge in [0.1, 0.15) is 0 Å². The van der Waals surface area contributed by atoms with Crippen LogP contribution in [0.25, 0.3) is 5.69 Å². The first-order valence-electron chi connectivity index (χ1n) is 8.72. The molecule has 134 valence electrons. The topological polar surface area (TPSA) is 64.7 Å². The molecule has 1 N–H and O–H groups in total. The zero-order valence-electron chi connectivity index (χ0n) is 14.7. The standard InChI is InChI=1S/C21H19N5O/c27-21(19-9-4-5-10-20(19)26-12-6-11-23-26)22-13-18-14-24-25(16-18)15-17-7-2-1-3-8-17/h1-12,14,16H,13,15H2,(H,22,27). The van der Waals surface area contributed by atoms with Crippen molar-refractivity contribution in [3.8, 4) is 5.69 Å². The van der Waals surface area contributed by atoms with Gasteiger partial charge in [0.15, 0.2) is 0 Å². The first-order chi connectivity index (χ1) is 13.3. The summed E-state index contributed by atoms with van der Waals surface area (Å²) in [6.45, 7) is 1.12. The lowest BCUT2D eigenvalue weighted by Gasteiger charge is -2.09. The average Bonchev–Trinajstić information content (AvgIpc) is 3.39. The Morgan fingerprint density at radius 2 is 1.74 bits per heavy atom. The maximum atomic E-state index is 12.7. The first kappa shape index (κ1) is 16.8.